The molecule has 0 aliphatic heterocycles. The summed E-state index contributed by atoms with van der Waals surface area (Å²) in [4.78, 5) is 26.4. The van der Waals surface area contributed by atoms with Crippen LogP contribution in [0, 0.1) is 0 Å². The molecule has 5 nitrogen and oxygen atoms in total. The molecule has 0 aromatic carbocycles. The van der Waals surface area contributed by atoms with Crippen LogP contribution in [0.15, 0.2) is 18.3 Å². The summed E-state index contributed by atoms with van der Waals surface area (Å²) >= 11 is 5.68. The number of esters is 1. The minimum absolute atomic E-state index is 0.200. The number of nitrogens with one attached hydrogen (secondary N) is 1. The van der Waals surface area contributed by atoms with Crippen LogP contribution in [0.3, 0.4) is 0 Å². The molecule has 0 aliphatic rings. The molecule has 0 saturated carbocycles. The van der Waals surface area contributed by atoms with E-state index in [4.69, 9.17) is 11.6 Å². The zero-order valence-corrected chi connectivity index (χ0v) is 11.6. The summed E-state index contributed by atoms with van der Waals surface area (Å²) in [5, 5.41) is 3.26. The fraction of sp³-hybridized carbons (Fsp3) is 0.462. The number of pyridine rings is 1. The summed E-state index contributed by atoms with van der Waals surface area (Å²) in [6.45, 7) is 0.560. The molecule has 1 N–H and O–H groups in total. The third-order valence-corrected chi connectivity index (χ3v) is 2.75. The molecule has 0 saturated heterocycles. The minimum atomic E-state index is -0.218. The average molecular weight is 285 g/mol. The Bertz CT molecular complexity index is 420. The molecule has 19 heavy (non-hydrogen) atoms. The van der Waals surface area contributed by atoms with Gasteiger partial charge in [-0.2, -0.15) is 0 Å². The van der Waals surface area contributed by atoms with Gasteiger partial charge in [-0.25, -0.2) is 4.98 Å². The van der Waals surface area contributed by atoms with Gasteiger partial charge in [0.15, 0.2) is 0 Å². The largest absolute Gasteiger partial charge is 0.469 e. The Balaban J connectivity index is 2.14. The van der Waals surface area contributed by atoms with Crippen molar-refractivity contribution in [3.05, 3.63) is 29.0 Å². The van der Waals surface area contributed by atoms with Crippen LogP contribution < -0.4 is 5.32 Å². The smallest absolute Gasteiger partial charge is 0.305 e. The van der Waals surface area contributed by atoms with Gasteiger partial charge in [0.2, 0.25) is 0 Å². The third-order valence-electron chi connectivity index (χ3n) is 2.53. The van der Waals surface area contributed by atoms with Gasteiger partial charge in [-0.15, -0.1) is 0 Å². The molecule has 1 rings (SSSR count). The van der Waals surface area contributed by atoms with E-state index in [2.05, 4.69) is 15.0 Å². The number of hydrogen-bond donors (Lipinski definition) is 1. The number of carbonyl (C=O) groups is 2. The summed E-state index contributed by atoms with van der Waals surface area (Å²) < 4.78 is 4.53. The van der Waals surface area contributed by atoms with Crippen LogP contribution in [0.25, 0.3) is 0 Å². The van der Waals surface area contributed by atoms with Gasteiger partial charge in [0, 0.05) is 19.2 Å². The molecular formula is C13H17ClN2O3. The molecule has 0 spiro atoms. The van der Waals surface area contributed by atoms with E-state index in [1.54, 1.807) is 12.1 Å². The van der Waals surface area contributed by atoms with Gasteiger partial charge in [-0.3, -0.25) is 9.59 Å². The van der Waals surface area contributed by atoms with Crippen LogP contribution in [-0.4, -0.2) is 30.5 Å². The summed E-state index contributed by atoms with van der Waals surface area (Å²) in [6, 6.07) is 3.20. The molecule has 0 unspecified atom stereocenters. The fourth-order valence-electron chi connectivity index (χ4n) is 1.48. The highest BCUT2D eigenvalue weighted by Crippen LogP contribution is 2.06. The van der Waals surface area contributed by atoms with Gasteiger partial charge < -0.3 is 10.1 Å². The van der Waals surface area contributed by atoms with Gasteiger partial charge in [0.25, 0.3) is 5.91 Å². The van der Waals surface area contributed by atoms with Gasteiger partial charge in [-0.1, -0.05) is 18.0 Å². The molecule has 0 fully saturated rings. The first kappa shape index (κ1) is 15.4. The van der Waals surface area contributed by atoms with Crippen molar-refractivity contribution in [1.29, 1.82) is 0 Å². The van der Waals surface area contributed by atoms with Gasteiger partial charge >= 0.3 is 5.97 Å². The Morgan fingerprint density at radius 1 is 1.32 bits per heavy atom. The first-order chi connectivity index (χ1) is 9.13. The number of unbranched alkanes of at least 4 members (excludes halogenated alkanes) is 2. The lowest BCUT2D eigenvalue weighted by molar-refractivity contribution is -0.140. The number of rotatable bonds is 7. The van der Waals surface area contributed by atoms with E-state index < -0.39 is 0 Å². The van der Waals surface area contributed by atoms with Crippen molar-refractivity contribution in [2.45, 2.75) is 25.7 Å². The van der Waals surface area contributed by atoms with Crippen molar-refractivity contribution in [3.63, 3.8) is 0 Å². The summed E-state index contributed by atoms with van der Waals surface area (Å²) in [5.41, 5.74) is 0.346. The Kier molecular flexibility index (Phi) is 6.89. The van der Waals surface area contributed by atoms with Crippen molar-refractivity contribution >= 4 is 23.5 Å². The summed E-state index contributed by atoms with van der Waals surface area (Å²) in [5.74, 6) is -0.418. The van der Waals surface area contributed by atoms with Crippen molar-refractivity contribution < 1.29 is 14.3 Å². The number of amides is 1. The Morgan fingerprint density at radius 2 is 2.11 bits per heavy atom. The molecule has 0 aliphatic carbocycles. The second kappa shape index (κ2) is 8.48. The Morgan fingerprint density at radius 3 is 2.74 bits per heavy atom. The molecule has 1 heterocycles. The van der Waals surface area contributed by atoms with E-state index in [-0.39, 0.29) is 11.9 Å². The average Bonchev–Trinajstić information content (AvgIpc) is 2.42. The molecular weight excluding hydrogens is 268 g/mol. The second-order valence-electron chi connectivity index (χ2n) is 4.00. The molecule has 6 heteroatoms. The standard InChI is InChI=1S/C13H17ClN2O3/c1-19-12(17)5-3-2-4-8-15-13(18)11-7-6-10(14)9-16-11/h6-7,9H,2-5,8H2,1H3,(H,15,18). The number of nitrogens with zero attached hydrogens (tertiary/aromatic N) is 1. The fourth-order valence-corrected chi connectivity index (χ4v) is 1.59. The highest BCUT2D eigenvalue weighted by atomic mass is 35.5. The molecule has 0 atom stereocenters. The monoisotopic (exact) mass is 284 g/mol. The normalized spacial score (nSPS) is 10.0. The van der Waals surface area contributed by atoms with E-state index in [9.17, 15) is 9.59 Å². The van der Waals surface area contributed by atoms with Crippen molar-refractivity contribution in [2.24, 2.45) is 0 Å². The van der Waals surface area contributed by atoms with Crippen LogP contribution in [0.2, 0.25) is 5.02 Å². The van der Waals surface area contributed by atoms with Crippen molar-refractivity contribution in [3.8, 4) is 0 Å². The summed E-state index contributed by atoms with van der Waals surface area (Å²) in [6.07, 6.45) is 4.30. The summed E-state index contributed by atoms with van der Waals surface area (Å²) in [7, 11) is 1.38. The van der Waals surface area contributed by atoms with Crippen LogP contribution >= 0.6 is 11.6 Å². The maximum Gasteiger partial charge on any atom is 0.305 e. The SMILES string of the molecule is COC(=O)CCCCCNC(=O)c1ccc(Cl)cn1. The number of hydrogen-bond acceptors (Lipinski definition) is 4. The highest BCUT2D eigenvalue weighted by molar-refractivity contribution is 6.30. The van der Waals surface area contributed by atoms with Crippen molar-refractivity contribution in [1.82, 2.24) is 10.3 Å². The van der Waals surface area contributed by atoms with Crippen LogP contribution in [0.5, 0.6) is 0 Å². The van der Waals surface area contributed by atoms with Gasteiger partial charge in [0.1, 0.15) is 5.69 Å². The number of carbonyl (C=O) groups excluding carboxylic acids is 2. The maximum absolute atomic E-state index is 11.7. The van der Waals surface area contributed by atoms with E-state index in [0.29, 0.717) is 23.7 Å². The predicted octanol–water partition coefficient (Wildman–Crippen LogP) is 2.20. The Hall–Kier alpha value is -1.62. The minimum Gasteiger partial charge on any atom is -0.469 e. The third kappa shape index (κ3) is 6.20. The van der Waals surface area contributed by atoms with Crippen molar-refractivity contribution in [2.75, 3.05) is 13.7 Å². The first-order valence-corrected chi connectivity index (χ1v) is 6.48. The Labute approximate surface area is 117 Å². The quantitative estimate of drug-likeness (QED) is 0.616. The zero-order chi connectivity index (χ0) is 14.1. The van der Waals surface area contributed by atoms with Gasteiger partial charge in [0.05, 0.1) is 12.1 Å². The van der Waals surface area contributed by atoms with E-state index in [1.165, 1.54) is 13.3 Å². The lowest BCUT2D eigenvalue weighted by atomic mass is 10.2. The number of methoxy groups -OCH3 is 1. The number of halogens is 1. The molecule has 1 amide bonds. The van der Waals surface area contributed by atoms with E-state index in [1.807, 2.05) is 0 Å². The maximum atomic E-state index is 11.7. The predicted molar refractivity (Wildman–Crippen MR) is 72.1 cm³/mol. The van der Waals surface area contributed by atoms with Crippen LogP contribution in [-0.2, 0) is 9.53 Å². The molecule has 104 valence electrons. The van der Waals surface area contributed by atoms with Crippen LogP contribution in [0.1, 0.15) is 36.2 Å². The number of ether oxygens (including phenoxy) is 1. The lowest BCUT2D eigenvalue weighted by Crippen LogP contribution is -2.25. The second-order valence-corrected chi connectivity index (χ2v) is 4.44. The lowest BCUT2D eigenvalue weighted by Gasteiger charge is -2.04. The van der Waals surface area contributed by atoms with E-state index >= 15 is 0 Å². The first-order valence-electron chi connectivity index (χ1n) is 6.10. The van der Waals surface area contributed by atoms with E-state index in [0.717, 1.165) is 19.3 Å². The highest BCUT2D eigenvalue weighted by Gasteiger charge is 2.05. The topological polar surface area (TPSA) is 68.3 Å². The molecule has 1 aromatic heterocycles. The molecule has 1 aromatic rings. The number of aromatic nitrogens is 1. The molecule has 0 radical (unpaired) electrons. The molecule has 0 bridgehead atoms. The zero-order valence-electron chi connectivity index (χ0n) is 10.8. The van der Waals surface area contributed by atoms with Gasteiger partial charge in [-0.05, 0) is 25.0 Å². The van der Waals surface area contributed by atoms with Crippen LogP contribution in [0.4, 0.5) is 0 Å².